The molecule has 0 radical (unpaired) electrons. The minimum absolute atomic E-state index is 0.0124. The molecule has 0 amide bonds. The lowest BCUT2D eigenvalue weighted by Gasteiger charge is -2.12. The predicted molar refractivity (Wildman–Crippen MR) is 67.6 cm³/mol. The summed E-state index contributed by atoms with van der Waals surface area (Å²) in [5.74, 6) is 0.848. The fraction of sp³-hybridized carbons (Fsp3) is 0.500. The molecule has 0 spiro atoms. The van der Waals surface area contributed by atoms with Crippen LogP contribution in [0.1, 0.15) is 20.3 Å². The number of nitro groups is 1. The molecular weight excluding hydrogens is 220 g/mol. The van der Waals surface area contributed by atoms with Gasteiger partial charge in [0.2, 0.25) is 0 Å². The summed E-state index contributed by atoms with van der Waals surface area (Å²) < 4.78 is 5.00. The van der Waals surface area contributed by atoms with Crippen LogP contribution in [0.5, 0.6) is 5.75 Å². The lowest BCUT2D eigenvalue weighted by Crippen LogP contribution is -2.10. The third kappa shape index (κ3) is 3.62. The number of ether oxygens (including phenoxy) is 1. The molecule has 5 nitrogen and oxygen atoms in total. The Bertz CT molecular complexity index is 393. The SMILES string of the molecule is CCC(C)CNc1ccc([N+](=O)[O-])c(OC)c1. The predicted octanol–water partition coefficient (Wildman–Crippen LogP) is 3.06. The number of hydrogen-bond donors (Lipinski definition) is 1. The van der Waals surface area contributed by atoms with Crippen LogP contribution in [0.2, 0.25) is 0 Å². The molecule has 0 aliphatic carbocycles. The van der Waals surface area contributed by atoms with E-state index in [1.807, 2.05) is 0 Å². The molecule has 94 valence electrons. The Kier molecular flexibility index (Phi) is 4.75. The number of methoxy groups -OCH3 is 1. The van der Waals surface area contributed by atoms with Crippen molar-refractivity contribution in [2.75, 3.05) is 19.0 Å². The summed E-state index contributed by atoms with van der Waals surface area (Å²) in [5, 5.41) is 13.9. The van der Waals surface area contributed by atoms with Crippen LogP contribution in [-0.2, 0) is 0 Å². The quantitative estimate of drug-likeness (QED) is 0.611. The van der Waals surface area contributed by atoms with Crippen molar-refractivity contribution in [2.24, 2.45) is 5.92 Å². The number of rotatable bonds is 6. The lowest BCUT2D eigenvalue weighted by molar-refractivity contribution is -0.385. The summed E-state index contributed by atoms with van der Waals surface area (Å²) in [6, 6.07) is 4.81. The van der Waals surface area contributed by atoms with Crippen molar-refractivity contribution in [3.05, 3.63) is 28.3 Å². The normalized spacial score (nSPS) is 11.9. The maximum atomic E-state index is 10.7. The molecule has 0 saturated carbocycles. The zero-order chi connectivity index (χ0) is 12.8. The van der Waals surface area contributed by atoms with Crippen LogP contribution in [-0.4, -0.2) is 18.6 Å². The summed E-state index contributed by atoms with van der Waals surface area (Å²) in [6.07, 6.45) is 1.09. The van der Waals surface area contributed by atoms with Crippen molar-refractivity contribution in [2.45, 2.75) is 20.3 Å². The molecule has 0 heterocycles. The number of hydrogen-bond acceptors (Lipinski definition) is 4. The van der Waals surface area contributed by atoms with E-state index in [-0.39, 0.29) is 11.4 Å². The Morgan fingerprint density at radius 2 is 2.24 bits per heavy atom. The molecule has 1 atom stereocenters. The van der Waals surface area contributed by atoms with Gasteiger partial charge in [0.05, 0.1) is 12.0 Å². The van der Waals surface area contributed by atoms with Crippen molar-refractivity contribution in [3.63, 3.8) is 0 Å². The van der Waals surface area contributed by atoms with Crippen LogP contribution < -0.4 is 10.1 Å². The van der Waals surface area contributed by atoms with Gasteiger partial charge >= 0.3 is 5.69 Å². The van der Waals surface area contributed by atoms with Gasteiger partial charge in [0.25, 0.3) is 0 Å². The summed E-state index contributed by atoms with van der Waals surface area (Å²) in [6.45, 7) is 5.12. The third-order valence-electron chi connectivity index (χ3n) is 2.73. The molecule has 17 heavy (non-hydrogen) atoms. The molecule has 1 aromatic rings. The van der Waals surface area contributed by atoms with Gasteiger partial charge in [-0.2, -0.15) is 0 Å². The van der Waals surface area contributed by atoms with E-state index in [2.05, 4.69) is 19.2 Å². The Labute approximate surface area is 101 Å². The van der Waals surface area contributed by atoms with E-state index in [1.165, 1.54) is 13.2 Å². The zero-order valence-electron chi connectivity index (χ0n) is 10.4. The second-order valence-electron chi connectivity index (χ2n) is 4.04. The molecule has 0 fully saturated rings. The van der Waals surface area contributed by atoms with Crippen LogP contribution in [0.15, 0.2) is 18.2 Å². The van der Waals surface area contributed by atoms with Gasteiger partial charge < -0.3 is 10.1 Å². The lowest BCUT2D eigenvalue weighted by atomic mass is 10.1. The van der Waals surface area contributed by atoms with E-state index in [0.29, 0.717) is 5.92 Å². The Balaban J connectivity index is 2.79. The van der Waals surface area contributed by atoms with Crippen molar-refractivity contribution in [3.8, 4) is 5.75 Å². The molecule has 0 saturated heterocycles. The summed E-state index contributed by atoms with van der Waals surface area (Å²) in [4.78, 5) is 10.3. The van der Waals surface area contributed by atoms with Crippen molar-refractivity contribution in [1.29, 1.82) is 0 Å². The number of nitrogens with zero attached hydrogens (tertiary/aromatic N) is 1. The molecule has 0 aliphatic heterocycles. The first-order chi connectivity index (χ1) is 8.08. The first kappa shape index (κ1) is 13.3. The van der Waals surface area contributed by atoms with Crippen molar-refractivity contribution < 1.29 is 9.66 Å². The highest BCUT2D eigenvalue weighted by molar-refractivity contribution is 5.57. The van der Waals surface area contributed by atoms with Gasteiger partial charge in [-0.15, -0.1) is 0 Å². The van der Waals surface area contributed by atoms with E-state index in [9.17, 15) is 10.1 Å². The van der Waals surface area contributed by atoms with Gasteiger partial charge in [0.1, 0.15) is 0 Å². The van der Waals surface area contributed by atoms with E-state index in [4.69, 9.17) is 4.74 Å². The average Bonchev–Trinajstić information content (AvgIpc) is 2.35. The average molecular weight is 238 g/mol. The van der Waals surface area contributed by atoms with Crippen LogP contribution >= 0.6 is 0 Å². The van der Waals surface area contributed by atoms with Gasteiger partial charge in [-0.1, -0.05) is 20.3 Å². The van der Waals surface area contributed by atoms with Gasteiger partial charge in [-0.05, 0) is 12.0 Å². The molecule has 0 bridgehead atoms. The van der Waals surface area contributed by atoms with Gasteiger partial charge in [0, 0.05) is 24.4 Å². The van der Waals surface area contributed by atoms with Crippen LogP contribution in [0.3, 0.4) is 0 Å². The monoisotopic (exact) mass is 238 g/mol. The smallest absolute Gasteiger partial charge is 0.311 e. The van der Waals surface area contributed by atoms with Gasteiger partial charge in [-0.25, -0.2) is 0 Å². The number of benzene rings is 1. The molecule has 0 aromatic heterocycles. The number of anilines is 1. The molecular formula is C12H18N2O3. The van der Waals surface area contributed by atoms with Crippen LogP contribution in [0.4, 0.5) is 11.4 Å². The zero-order valence-corrected chi connectivity index (χ0v) is 10.4. The Morgan fingerprint density at radius 3 is 2.76 bits per heavy atom. The van der Waals surface area contributed by atoms with Gasteiger partial charge in [0.15, 0.2) is 5.75 Å². The van der Waals surface area contributed by atoms with Crippen LogP contribution in [0, 0.1) is 16.0 Å². The fourth-order valence-corrected chi connectivity index (χ4v) is 1.37. The third-order valence-corrected chi connectivity index (χ3v) is 2.73. The van der Waals surface area contributed by atoms with Crippen molar-refractivity contribution >= 4 is 11.4 Å². The first-order valence-electron chi connectivity index (χ1n) is 5.64. The highest BCUT2D eigenvalue weighted by Gasteiger charge is 2.14. The summed E-state index contributed by atoms with van der Waals surface area (Å²) in [5.41, 5.74) is 0.828. The maximum absolute atomic E-state index is 10.7. The highest BCUT2D eigenvalue weighted by Crippen LogP contribution is 2.29. The maximum Gasteiger partial charge on any atom is 0.311 e. The Morgan fingerprint density at radius 1 is 1.53 bits per heavy atom. The molecule has 0 aliphatic rings. The highest BCUT2D eigenvalue weighted by atomic mass is 16.6. The Hall–Kier alpha value is -1.78. The second kappa shape index (κ2) is 6.08. The minimum atomic E-state index is -0.447. The molecule has 1 rings (SSSR count). The number of nitrogens with one attached hydrogen (secondary N) is 1. The molecule has 1 aromatic carbocycles. The molecule has 5 heteroatoms. The number of nitro benzene ring substituents is 1. The van der Waals surface area contributed by atoms with E-state index in [0.717, 1.165) is 18.7 Å². The molecule has 1 unspecified atom stereocenters. The van der Waals surface area contributed by atoms with E-state index >= 15 is 0 Å². The topological polar surface area (TPSA) is 64.4 Å². The first-order valence-corrected chi connectivity index (χ1v) is 5.64. The fourth-order valence-electron chi connectivity index (χ4n) is 1.37. The summed E-state index contributed by atoms with van der Waals surface area (Å²) >= 11 is 0. The standard InChI is InChI=1S/C12H18N2O3/c1-4-9(2)8-13-10-5-6-11(14(15)16)12(7-10)17-3/h5-7,9,13H,4,8H2,1-3H3. The van der Waals surface area contributed by atoms with Crippen molar-refractivity contribution in [1.82, 2.24) is 0 Å². The van der Waals surface area contributed by atoms with Crippen LogP contribution in [0.25, 0.3) is 0 Å². The minimum Gasteiger partial charge on any atom is -0.490 e. The van der Waals surface area contributed by atoms with E-state index in [1.54, 1.807) is 12.1 Å². The van der Waals surface area contributed by atoms with E-state index < -0.39 is 4.92 Å². The largest absolute Gasteiger partial charge is 0.490 e. The summed E-state index contributed by atoms with van der Waals surface area (Å²) in [7, 11) is 1.43. The second-order valence-corrected chi connectivity index (χ2v) is 4.04. The van der Waals surface area contributed by atoms with Gasteiger partial charge in [-0.3, -0.25) is 10.1 Å². The molecule has 1 N–H and O–H groups in total.